The number of rotatable bonds is 2. The number of hydrogen-bond donors (Lipinski definition) is 1. The third kappa shape index (κ3) is 5.50. The lowest BCUT2D eigenvalue weighted by molar-refractivity contribution is -0.145. The van der Waals surface area contributed by atoms with Crippen molar-refractivity contribution in [3.05, 3.63) is 0 Å². The van der Waals surface area contributed by atoms with Crippen LogP contribution in [-0.4, -0.2) is 11.0 Å². The van der Waals surface area contributed by atoms with Gasteiger partial charge in [0.15, 0.2) is 0 Å². The number of carbonyl (C=O) groups excluding carboxylic acids is 1. The van der Waals surface area contributed by atoms with Crippen molar-refractivity contribution >= 4 is 23.2 Å². The SMILES string of the molecule is CCCC(=S)NOC(C)=O. The van der Waals surface area contributed by atoms with Gasteiger partial charge in [-0.1, -0.05) is 19.1 Å². The van der Waals surface area contributed by atoms with Crippen molar-refractivity contribution in [1.29, 1.82) is 0 Å². The molecular formula is C6H11NO2S. The predicted octanol–water partition coefficient (Wildman–Crippen LogP) is 1.18. The minimum atomic E-state index is -0.376. The van der Waals surface area contributed by atoms with E-state index < -0.39 is 0 Å². The molecule has 1 N–H and O–H groups in total. The van der Waals surface area contributed by atoms with Crippen molar-refractivity contribution < 1.29 is 9.63 Å². The third-order valence-corrected chi connectivity index (χ3v) is 1.07. The van der Waals surface area contributed by atoms with Gasteiger partial charge in [-0.25, -0.2) is 5.48 Å². The Bertz CT molecular complexity index is 136. The van der Waals surface area contributed by atoms with Crippen molar-refractivity contribution in [3.8, 4) is 0 Å². The van der Waals surface area contributed by atoms with Gasteiger partial charge in [-0.2, -0.15) is 0 Å². The van der Waals surface area contributed by atoms with Gasteiger partial charge in [-0.3, -0.25) is 4.79 Å². The predicted molar refractivity (Wildman–Crippen MR) is 42.4 cm³/mol. The monoisotopic (exact) mass is 161 g/mol. The van der Waals surface area contributed by atoms with Crippen LogP contribution in [0.1, 0.15) is 26.7 Å². The summed E-state index contributed by atoms with van der Waals surface area (Å²) in [4.78, 5) is 15.2. The largest absolute Gasteiger partial charge is 0.343 e. The van der Waals surface area contributed by atoms with Gasteiger partial charge in [0.25, 0.3) is 0 Å². The highest BCUT2D eigenvalue weighted by Crippen LogP contribution is 1.88. The lowest BCUT2D eigenvalue weighted by Crippen LogP contribution is -2.23. The van der Waals surface area contributed by atoms with Crippen LogP contribution in [0.5, 0.6) is 0 Å². The van der Waals surface area contributed by atoms with Crippen LogP contribution in [0.2, 0.25) is 0 Å². The molecule has 0 atom stereocenters. The normalized spacial score (nSPS) is 8.60. The van der Waals surface area contributed by atoms with E-state index in [2.05, 4.69) is 10.3 Å². The second-order valence-electron chi connectivity index (χ2n) is 1.87. The molecule has 0 saturated heterocycles. The minimum Gasteiger partial charge on any atom is -0.343 e. The Balaban J connectivity index is 3.30. The first-order chi connectivity index (χ1) is 4.66. The second-order valence-corrected chi connectivity index (χ2v) is 2.36. The number of hydrogen-bond acceptors (Lipinski definition) is 3. The molecule has 0 aliphatic carbocycles. The lowest BCUT2D eigenvalue weighted by Gasteiger charge is -2.03. The summed E-state index contributed by atoms with van der Waals surface area (Å²) in [7, 11) is 0. The van der Waals surface area contributed by atoms with E-state index in [1.807, 2.05) is 6.92 Å². The highest BCUT2D eigenvalue weighted by Gasteiger charge is 1.95. The minimum absolute atomic E-state index is 0.376. The van der Waals surface area contributed by atoms with Gasteiger partial charge in [-0.05, 0) is 6.42 Å². The van der Waals surface area contributed by atoms with Gasteiger partial charge in [0.2, 0.25) is 0 Å². The maximum atomic E-state index is 10.2. The first kappa shape index (κ1) is 9.36. The molecule has 0 aromatic carbocycles. The second kappa shape index (κ2) is 5.17. The van der Waals surface area contributed by atoms with Crippen LogP contribution in [0, 0.1) is 0 Å². The molecule has 0 aliphatic rings. The number of thiocarbonyl (C=S) groups is 1. The van der Waals surface area contributed by atoms with Gasteiger partial charge >= 0.3 is 5.97 Å². The Hall–Kier alpha value is -0.640. The van der Waals surface area contributed by atoms with Crippen LogP contribution in [0.4, 0.5) is 0 Å². The van der Waals surface area contributed by atoms with Crippen LogP contribution in [0.15, 0.2) is 0 Å². The lowest BCUT2D eigenvalue weighted by atomic mass is 10.3. The Morgan fingerprint density at radius 3 is 2.70 bits per heavy atom. The molecular weight excluding hydrogens is 150 g/mol. The molecule has 0 heterocycles. The molecule has 0 rings (SSSR count). The fraction of sp³-hybridized carbons (Fsp3) is 0.667. The van der Waals surface area contributed by atoms with Crippen molar-refractivity contribution in [2.45, 2.75) is 26.7 Å². The zero-order valence-corrected chi connectivity index (χ0v) is 6.96. The van der Waals surface area contributed by atoms with E-state index in [1.54, 1.807) is 0 Å². The van der Waals surface area contributed by atoms with E-state index >= 15 is 0 Å². The Morgan fingerprint density at radius 2 is 2.30 bits per heavy atom. The van der Waals surface area contributed by atoms with Crippen LogP contribution < -0.4 is 5.48 Å². The Morgan fingerprint density at radius 1 is 1.70 bits per heavy atom. The fourth-order valence-electron chi connectivity index (χ4n) is 0.407. The average Bonchev–Trinajstić information content (AvgIpc) is 1.85. The standard InChI is InChI=1S/C6H11NO2S/c1-3-4-6(10)7-9-5(2)8/h3-4H2,1-2H3,(H,7,10). The molecule has 0 unspecified atom stereocenters. The number of nitrogens with one attached hydrogen (secondary N) is 1. The van der Waals surface area contributed by atoms with Crippen molar-refractivity contribution in [1.82, 2.24) is 5.48 Å². The van der Waals surface area contributed by atoms with Crippen LogP contribution in [0.25, 0.3) is 0 Å². The summed E-state index contributed by atoms with van der Waals surface area (Å²) in [6.07, 6.45) is 1.70. The van der Waals surface area contributed by atoms with Crippen LogP contribution >= 0.6 is 12.2 Å². The highest BCUT2D eigenvalue weighted by atomic mass is 32.1. The number of carbonyl (C=O) groups is 1. The van der Waals surface area contributed by atoms with E-state index in [4.69, 9.17) is 12.2 Å². The molecule has 3 nitrogen and oxygen atoms in total. The molecule has 0 aliphatic heterocycles. The van der Waals surface area contributed by atoms with Crippen molar-refractivity contribution in [2.75, 3.05) is 0 Å². The van der Waals surface area contributed by atoms with Gasteiger partial charge in [0.1, 0.15) is 4.99 Å². The molecule has 0 saturated carbocycles. The third-order valence-electron chi connectivity index (χ3n) is 0.786. The fourth-order valence-corrected chi connectivity index (χ4v) is 0.653. The van der Waals surface area contributed by atoms with E-state index in [-0.39, 0.29) is 5.97 Å². The van der Waals surface area contributed by atoms with Gasteiger partial charge < -0.3 is 4.84 Å². The molecule has 0 amide bonds. The van der Waals surface area contributed by atoms with Crippen molar-refractivity contribution in [2.24, 2.45) is 0 Å². The summed E-state index contributed by atoms with van der Waals surface area (Å²) >= 11 is 4.78. The summed E-state index contributed by atoms with van der Waals surface area (Å²) < 4.78 is 0. The van der Waals surface area contributed by atoms with Crippen LogP contribution in [-0.2, 0) is 9.63 Å². The molecule has 4 heteroatoms. The van der Waals surface area contributed by atoms with Gasteiger partial charge in [-0.15, -0.1) is 0 Å². The molecule has 0 aromatic heterocycles. The zero-order chi connectivity index (χ0) is 7.98. The molecule has 0 aromatic rings. The van der Waals surface area contributed by atoms with Gasteiger partial charge in [0.05, 0.1) is 0 Å². The van der Waals surface area contributed by atoms with E-state index in [0.29, 0.717) is 4.99 Å². The maximum Gasteiger partial charge on any atom is 0.329 e. The quantitative estimate of drug-likeness (QED) is 0.487. The summed E-state index contributed by atoms with van der Waals surface area (Å²) in [5, 5.41) is 0. The summed E-state index contributed by atoms with van der Waals surface area (Å²) in [6.45, 7) is 3.32. The first-order valence-corrected chi connectivity index (χ1v) is 3.54. The molecule has 0 spiro atoms. The Labute approximate surface area is 65.7 Å². The molecule has 58 valence electrons. The Kier molecular flexibility index (Phi) is 4.84. The van der Waals surface area contributed by atoms with Crippen LogP contribution in [0.3, 0.4) is 0 Å². The molecule has 0 fully saturated rings. The molecule has 0 radical (unpaired) electrons. The van der Waals surface area contributed by atoms with E-state index in [1.165, 1.54) is 6.92 Å². The smallest absolute Gasteiger partial charge is 0.329 e. The van der Waals surface area contributed by atoms with Crippen molar-refractivity contribution in [3.63, 3.8) is 0 Å². The first-order valence-electron chi connectivity index (χ1n) is 3.13. The highest BCUT2D eigenvalue weighted by molar-refractivity contribution is 7.80. The number of hydroxylamine groups is 1. The summed E-state index contributed by atoms with van der Waals surface area (Å²) in [5.41, 5.74) is 2.36. The molecule has 10 heavy (non-hydrogen) atoms. The zero-order valence-electron chi connectivity index (χ0n) is 6.14. The van der Waals surface area contributed by atoms with E-state index in [0.717, 1.165) is 12.8 Å². The summed E-state index contributed by atoms with van der Waals surface area (Å²) in [5.74, 6) is -0.376. The summed E-state index contributed by atoms with van der Waals surface area (Å²) in [6, 6.07) is 0. The average molecular weight is 161 g/mol. The topological polar surface area (TPSA) is 38.3 Å². The van der Waals surface area contributed by atoms with E-state index in [9.17, 15) is 4.79 Å². The maximum absolute atomic E-state index is 10.2. The molecule has 0 bridgehead atoms. The van der Waals surface area contributed by atoms with Gasteiger partial charge in [0, 0.05) is 13.3 Å².